The van der Waals surface area contributed by atoms with Crippen molar-refractivity contribution in [2.75, 3.05) is 0 Å². The van der Waals surface area contributed by atoms with Crippen LogP contribution >= 0.6 is 0 Å². The highest BCUT2D eigenvalue weighted by Gasteiger charge is 2.67. The second kappa shape index (κ2) is 4.82. The summed E-state index contributed by atoms with van der Waals surface area (Å²) >= 11 is 0. The average Bonchev–Trinajstić information content (AvgIpc) is 2.73. The SMILES string of the molecule is CC(=O)O[C@H]1CC=C(C)[C@]2(O)[C@H]3OC(=O)[C@@H](C)[C@@H]3CC[C@@]12C. The van der Waals surface area contributed by atoms with Crippen LogP contribution in [0.1, 0.15) is 47.0 Å². The van der Waals surface area contributed by atoms with E-state index in [2.05, 4.69) is 0 Å². The number of carbonyl (C=O) groups excluding carboxylic acids is 2. The van der Waals surface area contributed by atoms with Gasteiger partial charge in [0.05, 0.1) is 5.92 Å². The number of rotatable bonds is 1. The van der Waals surface area contributed by atoms with Gasteiger partial charge in [-0.15, -0.1) is 0 Å². The van der Waals surface area contributed by atoms with Gasteiger partial charge in [-0.25, -0.2) is 0 Å². The molecule has 1 heterocycles. The zero-order valence-electron chi connectivity index (χ0n) is 13.6. The Hall–Kier alpha value is -1.36. The topological polar surface area (TPSA) is 72.8 Å². The molecule has 0 spiro atoms. The van der Waals surface area contributed by atoms with Gasteiger partial charge >= 0.3 is 11.9 Å². The highest BCUT2D eigenvalue weighted by molar-refractivity contribution is 5.75. The van der Waals surface area contributed by atoms with Crippen molar-refractivity contribution in [1.82, 2.24) is 0 Å². The van der Waals surface area contributed by atoms with Crippen molar-refractivity contribution in [1.29, 1.82) is 0 Å². The van der Waals surface area contributed by atoms with Crippen LogP contribution in [0.5, 0.6) is 0 Å². The second-order valence-electron chi connectivity index (χ2n) is 7.25. The van der Waals surface area contributed by atoms with Gasteiger partial charge < -0.3 is 14.6 Å². The zero-order valence-corrected chi connectivity index (χ0v) is 13.6. The highest BCUT2D eigenvalue weighted by Crippen LogP contribution is 2.59. The molecule has 1 saturated carbocycles. The lowest BCUT2D eigenvalue weighted by Crippen LogP contribution is -2.66. The summed E-state index contributed by atoms with van der Waals surface area (Å²) in [7, 11) is 0. The maximum absolute atomic E-state index is 12.0. The first-order valence-corrected chi connectivity index (χ1v) is 7.99. The smallest absolute Gasteiger partial charge is 0.309 e. The molecule has 0 bridgehead atoms. The summed E-state index contributed by atoms with van der Waals surface area (Å²) < 4.78 is 11.1. The van der Waals surface area contributed by atoms with Gasteiger partial charge in [0.2, 0.25) is 0 Å². The molecular weight excluding hydrogens is 284 g/mol. The fraction of sp³-hybridized carbons (Fsp3) is 0.765. The van der Waals surface area contributed by atoms with Crippen molar-refractivity contribution in [3.05, 3.63) is 11.6 Å². The van der Waals surface area contributed by atoms with E-state index in [1.807, 2.05) is 26.8 Å². The van der Waals surface area contributed by atoms with E-state index >= 15 is 0 Å². The van der Waals surface area contributed by atoms with Crippen molar-refractivity contribution in [2.45, 2.75) is 64.8 Å². The average molecular weight is 308 g/mol. The third-order valence-corrected chi connectivity index (χ3v) is 6.18. The Balaban J connectivity index is 2.05. The number of aliphatic hydroxyl groups is 1. The van der Waals surface area contributed by atoms with Gasteiger partial charge in [0, 0.05) is 24.7 Å². The third kappa shape index (κ3) is 1.81. The van der Waals surface area contributed by atoms with Crippen LogP contribution in [-0.2, 0) is 19.1 Å². The predicted octanol–water partition coefficient (Wildman–Crippen LogP) is 1.98. The summed E-state index contributed by atoms with van der Waals surface area (Å²) in [6.45, 7) is 7.08. The molecule has 122 valence electrons. The van der Waals surface area contributed by atoms with Gasteiger partial charge in [0.25, 0.3) is 0 Å². The van der Waals surface area contributed by atoms with Crippen LogP contribution in [0.25, 0.3) is 0 Å². The lowest BCUT2D eigenvalue weighted by Gasteiger charge is -2.57. The maximum atomic E-state index is 12.0. The minimum absolute atomic E-state index is 0.0185. The normalized spacial score (nSPS) is 47.1. The van der Waals surface area contributed by atoms with Gasteiger partial charge in [0.15, 0.2) is 0 Å². The lowest BCUT2D eigenvalue weighted by atomic mass is 9.52. The van der Waals surface area contributed by atoms with Crippen molar-refractivity contribution < 1.29 is 24.2 Å². The summed E-state index contributed by atoms with van der Waals surface area (Å²) in [5, 5.41) is 11.6. The number of carbonyl (C=O) groups is 2. The zero-order chi connectivity index (χ0) is 16.3. The maximum Gasteiger partial charge on any atom is 0.309 e. The Kier molecular flexibility index (Phi) is 3.40. The fourth-order valence-electron chi connectivity index (χ4n) is 4.69. The molecule has 5 nitrogen and oxygen atoms in total. The molecule has 0 unspecified atom stereocenters. The fourth-order valence-corrected chi connectivity index (χ4v) is 4.69. The molecule has 6 atom stereocenters. The Bertz CT molecular complexity index is 553. The molecule has 0 amide bonds. The number of esters is 2. The van der Waals surface area contributed by atoms with Crippen LogP contribution in [0.15, 0.2) is 11.6 Å². The minimum Gasteiger partial charge on any atom is -0.462 e. The van der Waals surface area contributed by atoms with Gasteiger partial charge in [0.1, 0.15) is 17.8 Å². The molecule has 2 aliphatic carbocycles. The molecular formula is C17H24O5. The summed E-state index contributed by atoms with van der Waals surface area (Å²) in [6.07, 6.45) is 3.05. The summed E-state index contributed by atoms with van der Waals surface area (Å²) in [4.78, 5) is 23.4. The Labute approximate surface area is 130 Å². The van der Waals surface area contributed by atoms with Crippen LogP contribution in [0.3, 0.4) is 0 Å². The van der Waals surface area contributed by atoms with E-state index in [-0.39, 0.29) is 23.8 Å². The van der Waals surface area contributed by atoms with E-state index in [0.717, 1.165) is 12.0 Å². The summed E-state index contributed by atoms with van der Waals surface area (Å²) in [5.74, 6) is -0.763. The van der Waals surface area contributed by atoms with E-state index < -0.39 is 23.2 Å². The summed E-state index contributed by atoms with van der Waals surface area (Å²) in [5.41, 5.74) is -1.09. The monoisotopic (exact) mass is 308 g/mol. The molecule has 3 rings (SSSR count). The van der Waals surface area contributed by atoms with Crippen molar-refractivity contribution in [3.63, 3.8) is 0 Å². The predicted molar refractivity (Wildman–Crippen MR) is 78.8 cm³/mol. The Morgan fingerprint density at radius 3 is 2.82 bits per heavy atom. The van der Waals surface area contributed by atoms with E-state index in [4.69, 9.17) is 9.47 Å². The Morgan fingerprint density at radius 1 is 1.50 bits per heavy atom. The van der Waals surface area contributed by atoms with E-state index in [1.54, 1.807) is 0 Å². The molecule has 0 aromatic heterocycles. The highest BCUT2D eigenvalue weighted by atomic mass is 16.6. The molecule has 1 saturated heterocycles. The quantitative estimate of drug-likeness (QED) is 0.592. The standard InChI is InChI=1S/C17H24O5/c1-9-5-6-13(21-11(3)18)16(4)8-7-12-10(2)15(19)22-14(12)17(9,16)20/h5,10,12-14,20H,6-8H2,1-4H3/t10-,12-,13-,14-,16-,17-/m0/s1. The number of hydrogen-bond donors (Lipinski definition) is 1. The van der Waals surface area contributed by atoms with Crippen LogP contribution in [0.2, 0.25) is 0 Å². The van der Waals surface area contributed by atoms with Crippen molar-refractivity contribution >= 4 is 11.9 Å². The molecule has 2 fully saturated rings. The van der Waals surface area contributed by atoms with Crippen LogP contribution in [0.4, 0.5) is 0 Å². The lowest BCUT2D eigenvalue weighted by molar-refractivity contribution is -0.218. The molecule has 1 N–H and O–H groups in total. The van der Waals surface area contributed by atoms with Gasteiger partial charge in [-0.3, -0.25) is 9.59 Å². The molecule has 0 aromatic rings. The molecule has 1 aliphatic heterocycles. The number of ether oxygens (including phenoxy) is 2. The first kappa shape index (κ1) is 15.5. The number of hydrogen-bond acceptors (Lipinski definition) is 5. The molecule has 0 radical (unpaired) electrons. The molecule has 3 aliphatic rings. The van der Waals surface area contributed by atoms with E-state index in [0.29, 0.717) is 12.8 Å². The van der Waals surface area contributed by atoms with Crippen molar-refractivity contribution in [2.24, 2.45) is 17.3 Å². The molecule has 5 heteroatoms. The Morgan fingerprint density at radius 2 is 2.18 bits per heavy atom. The van der Waals surface area contributed by atoms with E-state index in [1.165, 1.54) is 6.92 Å². The third-order valence-electron chi connectivity index (χ3n) is 6.18. The van der Waals surface area contributed by atoms with Crippen LogP contribution in [-0.4, -0.2) is 34.9 Å². The largest absolute Gasteiger partial charge is 0.462 e. The summed E-state index contributed by atoms with van der Waals surface area (Å²) in [6, 6.07) is 0. The second-order valence-corrected chi connectivity index (χ2v) is 7.25. The van der Waals surface area contributed by atoms with Crippen LogP contribution in [0, 0.1) is 17.3 Å². The first-order chi connectivity index (χ1) is 10.2. The number of fused-ring (bicyclic) bond motifs is 3. The minimum atomic E-state index is -1.27. The molecule has 0 aromatic carbocycles. The van der Waals surface area contributed by atoms with Gasteiger partial charge in [-0.05, 0) is 25.3 Å². The van der Waals surface area contributed by atoms with E-state index in [9.17, 15) is 14.7 Å². The first-order valence-electron chi connectivity index (χ1n) is 7.99. The molecule has 22 heavy (non-hydrogen) atoms. The van der Waals surface area contributed by atoms with Crippen molar-refractivity contribution in [3.8, 4) is 0 Å². The van der Waals surface area contributed by atoms with Crippen LogP contribution < -0.4 is 0 Å². The van der Waals surface area contributed by atoms with Gasteiger partial charge in [-0.2, -0.15) is 0 Å². The van der Waals surface area contributed by atoms with Gasteiger partial charge in [-0.1, -0.05) is 19.9 Å².